The first-order chi connectivity index (χ1) is 12.7. The molecule has 3 heterocycles. The lowest BCUT2D eigenvalue weighted by Gasteiger charge is -2.23. The molecule has 134 valence electrons. The molecule has 1 aliphatic heterocycles. The van der Waals surface area contributed by atoms with Gasteiger partial charge in [0.25, 0.3) is 5.91 Å². The van der Waals surface area contributed by atoms with E-state index in [-0.39, 0.29) is 5.91 Å². The number of thiazole rings is 1. The number of nitrogens with one attached hydrogen (secondary N) is 1. The number of aromatic nitrogens is 4. The van der Waals surface area contributed by atoms with Crippen LogP contribution in [0.2, 0.25) is 0 Å². The Morgan fingerprint density at radius 3 is 2.88 bits per heavy atom. The maximum atomic E-state index is 12.5. The number of hydrogen-bond donors (Lipinski definition) is 1. The van der Waals surface area contributed by atoms with Gasteiger partial charge in [-0.2, -0.15) is 5.10 Å². The highest BCUT2D eigenvalue weighted by atomic mass is 32.1. The molecule has 1 N–H and O–H groups in total. The third-order valence-electron chi connectivity index (χ3n) is 4.51. The summed E-state index contributed by atoms with van der Waals surface area (Å²) in [5.41, 5.74) is 2.81. The van der Waals surface area contributed by atoms with E-state index < -0.39 is 0 Å². The second-order valence-corrected chi connectivity index (χ2v) is 7.34. The molecule has 0 saturated heterocycles. The maximum absolute atomic E-state index is 12.5. The third-order valence-corrected chi connectivity index (χ3v) is 5.50. The molecule has 0 atom stereocenters. The molecule has 1 aromatic carbocycles. The van der Waals surface area contributed by atoms with E-state index >= 15 is 0 Å². The smallest absolute Gasteiger partial charge is 0.257 e. The normalized spacial score (nSPS) is 14.2. The molecule has 8 heteroatoms. The summed E-state index contributed by atoms with van der Waals surface area (Å²) in [6.45, 7) is 5.81. The summed E-state index contributed by atoms with van der Waals surface area (Å²) in [5, 5.41) is 7.70. The zero-order chi connectivity index (χ0) is 17.9. The predicted octanol–water partition coefficient (Wildman–Crippen LogP) is 2.41. The van der Waals surface area contributed by atoms with Crippen molar-refractivity contribution in [3.8, 4) is 0 Å². The molecule has 0 bridgehead atoms. The van der Waals surface area contributed by atoms with Crippen molar-refractivity contribution in [3.05, 3.63) is 58.6 Å². The highest BCUT2D eigenvalue weighted by molar-refractivity contribution is 7.15. The SMILES string of the molecule is CCN1CCc2nc(NC(=O)c3ccc(Cn4cncn4)cc3)sc2C1. The molecule has 0 unspecified atom stereocenters. The molecule has 1 aliphatic rings. The number of anilines is 1. The molecule has 4 rings (SSSR count). The highest BCUT2D eigenvalue weighted by Crippen LogP contribution is 2.28. The number of carbonyl (C=O) groups excluding carboxylic acids is 1. The van der Waals surface area contributed by atoms with Crippen molar-refractivity contribution in [1.82, 2.24) is 24.6 Å². The Bertz CT molecular complexity index is 887. The van der Waals surface area contributed by atoms with Crippen molar-refractivity contribution in [2.75, 3.05) is 18.4 Å². The fraction of sp³-hybridized carbons (Fsp3) is 0.333. The Morgan fingerprint density at radius 1 is 1.31 bits per heavy atom. The van der Waals surface area contributed by atoms with Gasteiger partial charge in [0.1, 0.15) is 12.7 Å². The fourth-order valence-electron chi connectivity index (χ4n) is 3.00. The molecule has 0 fully saturated rings. The quantitative estimate of drug-likeness (QED) is 0.748. The number of benzene rings is 1. The van der Waals surface area contributed by atoms with Crippen LogP contribution in [0, 0.1) is 0 Å². The zero-order valence-corrected chi connectivity index (χ0v) is 15.4. The largest absolute Gasteiger partial charge is 0.298 e. The first-order valence-corrected chi connectivity index (χ1v) is 9.46. The predicted molar refractivity (Wildman–Crippen MR) is 100 cm³/mol. The van der Waals surface area contributed by atoms with Crippen molar-refractivity contribution in [3.63, 3.8) is 0 Å². The van der Waals surface area contributed by atoms with E-state index in [2.05, 4.69) is 32.2 Å². The number of hydrogen-bond acceptors (Lipinski definition) is 6. The van der Waals surface area contributed by atoms with Gasteiger partial charge in [0.05, 0.1) is 12.2 Å². The second kappa shape index (κ2) is 7.35. The Labute approximate surface area is 155 Å². The monoisotopic (exact) mass is 368 g/mol. The summed E-state index contributed by atoms with van der Waals surface area (Å²) < 4.78 is 1.74. The summed E-state index contributed by atoms with van der Waals surface area (Å²) in [7, 11) is 0. The van der Waals surface area contributed by atoms with E-state index in [0.29, 0.717) is 17.2 Å². The summed E-state index contributed by atoms with van der Waals surface area (Å²) in [6.07, 6.45) is 4.13. The van der Waals surface area contributed by atoms with Crippen molar-refractivity contribution in [1.29, 1.82) is 0 Å². The second-order valence-electron chi connectivity index (χ2n) is 6.25. The Hall–Kier alpha value is -2.58. The van der Waals surface area contributed by atoms with Gasteiger partial charge >= 0.3 is 0 Å². The van der Waals surface area contributed by atoms with Crippen LogP contribution in [0.4, 0.5) is 5.13 Å². The third kappa shape index (κ3) is 3.66. The number of rotatable bonds is 5. The summed E-state index contributed by atoms with van der Waals surface area (Å²) in [4.78, 5) is 24.7. The zero-order valence-electron chi connectivity index (χ0n) is 14.6. The van der Waals surface area contributed by atoms with Gasteiger partial charge < -0.3 is 0 Å². The summed E-state index contributed by atoms with van der Waals surface area (Å²) >= 11 is 1.58. The molecular formula is C18H20N6OS. The Balaban J connectivity index is 1.41. The Kier molecular flexibility index (Phi) is 4.77. The topological polar surface area (TPSA) is 75.9 Å². The van der Waals surface area contributed by atoms with Gasteiger partial charge in [-0.15, -0.1) is 11.3 Å². The maximum Gasteiger partial charge on any atom is 0.257 e. The molecule has 2 aromatic heterocycles. The number of likely N-dealkylation sites (N-methyl/N-ethyl adjacent to an activating group) is 1. The minimum absolute atomic E-state index is 0.129. The number of fused-ring (bicyclic) bond motifs is 1. The average Bonchev–Trinajstić information content (AvgIpc) is 3.30. The van der Waals surface area contributed by atoms with E-state index in [1.54, 1.807) is 22.3 Å². The van der Waals surface area contributed by atoms with Crippen molar-refractivity contribution in [2.24, 2.45) is 0 Å². The van der Waals surface area contributed by atoms with Gasteiger partial charge in [0.15, 0.2) is 5.13 Å². The number of nitrogens with zero attached hydrogens (tertiary/aromatic N) is 5. The molecule has 0 radical (unpaired) electrons. The van der Waals surface area contributed by atoms with Gasteiger partial charge in [0.2, 0.25) is 0 Å². The van der Waals surface area contributed by atoms with E-state index in [1.165, 1.54) is 11.2 Å². The standard InChI is InChI=1S/C18H20N6OS/c1-2-23-8-7-15-16(10-23)26-18(21-15)22-17(25)14-5-3-13(4-6-14)9-24-12-19-11-20-24/h3-6,11-12H,2,7-10H2,1H3,(H,21,22,25). The minimum atomic E-state index is -0.129. The lowest BCUT2D eigenvalue weighted by Crippen LogP contribution is -2.29. The van der Waals surface area contributed by atoms with Crippen molar-refractivity contribution >= 4 is 22.4 Å². The van der Waals surface area contributed by atoms with Crippen molar-refractivity contribution < 1.29 is 4.79 Å². The van der Waals surface area contributed by atoms with E-state index in [9.17, 15) is 4.79 Å². The highest BCUT2D eigenvalue weighted by Gasteiger charge is 2.20. The molecule has 0 spiro atoms. The first kappa shape index (κ1) is 16.9. The first-order valence-electron chi connectivity index (χ1n) is 8.65. The molecular weight excluding hydrogens is 348 g/mol. The molecule has 0 aliphatic carbocycles. The van der Waals surface area contributed by atoms with E-state index in [0.717, 1.165) is 37.3 Å². The summed E-state index contributed by atoms with van der Waals surface area (Å²) in [5.74, 6) is -0.129. The molecule has 0 saturated carbocycles. The van der Waals surface area contributed by atoms with Gasteiger partial charge in [0, 0.05) is 30.0 Å². The van der Waals surface area contributed by atoms with Gasteiger partial charge in [-0.1, -0.05) is 19.1 Å². The van der Waals surface area contributed by atoms with Crippen LogP contribution < -0.4 is 5.32 Å². The van der Waals surface area contributed by atoms with Crippen LogP contribution in [0.25, 0.3) is 0 Å². The van der Waals surface area contributed by atoms with Crippen LogP contribution in [0.15, 0.2) is 36.9 Å². The van der Waals surface area contributed by atoms with Crippen LogP contribution in [-0.4, -0.2) is 43.6 Å². The number of carbonyl (C=O) groups is 1. The summed E-state index contributed by atoms with van der Waals surface area (Å²) in [6, 6.07) is 7.52. The van der Waals surface area contributed by atoms with Crippen LogP contribution in [0.5, 0.6) is 0 Å². The lowest BCUT2D eigenvalue weighted by atomic mass is 10.1. The molecule has 1 amide bonds. The minimum Gasteiger partial charge on any atom is -0.298 e. The molecule has 26 heavy (non-hydrogen) atoms. The average molecular weight is 368 g/mol. The van der Waals surface area contributed by atoms with Crippen LogP contribution in [0.1, 0.15) is 33.4 Å². The van der Waals surface area contributed by atoms with E-state index in [4.69, 9.17) is 0 Å². The van der Waals surface area contributed by atoms with Gasteiger partial charge in [-0.05, 0) is 24.2 Å². The lowest BCUT2D eigenvalue weighted by molar-refractivity contribution is 0.102. The fourth-order valence-corrected chi connectivity index (χ4v) is 4.05. The number of amides is 1. The molecule has 3 aromatic rings. The Morgan fingerprint density at radius 2 is 2.15 bits per heavy atom. The van der Waals surface area contributed by atoms with Crippen LogP contribution in [0.3, 0.4) is 0 Å². The van der Waals surface area contributed by atoms with Crippen LogP contribution in [-0.2, 0) is 19.5 Å². The van der Waals surface area contributed by atoms with Gasteiger partial charge in [-0.3, -0.25) is 15.0 Å². The van der Waals surface area contributed by atoms with Crippen LogP contribution >= 0.6 is 11.3 Å². The van der Waals surface area contributed by atoms with Gasteiger partial charge in [-0.25, -0.2) is 14.6 Å². The van der Waals surface area contributed by atoms with E-state index in [1.807, 2.05) is 24.3 Å². The van der Waals surface area contributed by atoms with Crippen molar-refractivity contribution in [2.45, 2.75) is 26.4 Å². The molecule has 7 nitrogen and oxygen atoms in total.